The summed E-state index contributed by atoms with van der Waals surface area (Å²) in [7, 11) is 0. The molecule has 0 saturated carbocycles. The Bertz CT molecular complexity index is 1400. The van der Waals surface area contributed by atoms with Crippen molar-refractivity contribution < 1.29 is 28.8 Å². The molecule has 0 fully saturated rings. The molecule has 0 saturated heterocycles. The maximum absolute atomic E-state index is 13.0. The third-order valence-electron chi connectivity index (χ3n) is 5.03. The Labute approximate surface area is 201 Å². The SMILES string of the molecule is O=C(COC(=O)c1ccc2c(c1[N+](=O)[O-])C(=O)c1ccccc1C2=O)Nc1c(Cl)cccc1Cl. The third kappa shape index (κ3) is 4.02. The number of carbonyl (C=O) groups is 4. The lowest BCUT2D eigenvalue weighted by Gasteiger charge is -2.18. The number of nitrogens with zero attached hydrogens (tertiary/aromatic N) is 1. The van der Waals surface area contributed by atoms with E-state index in [1.807, 2.05) is 0 Å². The molecule has 0 aliphatic heterocycles. The first-order chi connectivity index (χ1) is 16.2. The van der Waals surface area contributed by atoms with E-state index in [0.29, 0.717) is 0 Å². The van der Waals surface area contributed by atoms with Gasteiger partial charge < -0.3 is 10.1 Å². The van der Waals surface area contributed by atoms with Crippen LogP contribution in [0.3, 0.4) is 0 Å². The van der Waals surface area contributed by atoms with Crippen molar-refractivity contribution in [2.24, 2.45) is 0 Å². The highest BCUT2D eigenvalue weighted by Gasteiger charge is 2.39. The topological polar surface area (TPSA) is 133 Å². The molecule has 0 aromatic heterocycles. The minimum Gasteiger partial charge on any atom is -0.452 e. The van der Waals surface area contributed by atoms with Crippen LogP contribution in [0.2, 0.25) is 10.0 Å². The quantitative estimate of drug-likeness (QED) is 0.243. The van der Waals surface area contributed by atoms with E-state index in [2.05, 4.69) is 5.32 Å². The molecule has 170 valence electrons. The highest BCUT2D eigenvalue weighted by molar-refractivity contribution is 6.39. The zero-order valence-corrected chi connectivity index (χ0v) is 18.5. The van der Waals surface area contributed by atoms with Gasteiger partial charge in [0.05, 0.1) is 20.7 Å². The van der Waals surface area contributed by atoms with Crippen molar-refractivity contribution in [1.29, 1.82) is 0 Å². The lowest BCUT2D eigenvalue weighted by Crippen LogP contribution is -2.25. The number of nitrogens with one attached hydrogen (secondary N) is 1. The highest BCUT2D eigenvalue weighted by Crippen LogP contribution is 2.36. The van der Waals surface area contributed by atoms with Gasteiger partial charge in [-0.2, -0.15) is 0 Å². The first-order valence-corrected chi connectivity index (χ1v) is 10.4. The highest BCUT2D eigenvalue weighted by atomic mass is 35.5. The lowest BCUT2D eigenvalue weighted by atomic mass is 9.82. The summed E-state index contributed by atoms with van der Waals surface area (Å²) < 4.78 is 4.92. The normalized spacial score (nSPS) is 11.9. The van der Waals surface area contributed by atoms with Crippen LogP contribution in [0.5, 0.6) is 0 Å². The number of ketones is 2. The van der Waals surface area contributed by atoms with E-state index in [-0.39, 0.29) is 32.4 Å². The van der Waals surface area contributed by atoms with Crippen LogP contribution in [0, 0.1) is 10.1 Å². The van der Waals surface area contributed by atoms with E-state index < -0.39 is 51.8 Å². The number of esters is 1. The summed E-state index contributed by atoms with van der Waals surface area (Å²) in [4.78, 5) is 61.5. The summed E-state index contributed by atoms with van der Waals surface area (Å²) in [6.45, 7) is -0.815. The molecule has 3 aromatic rings. The van der Waals surface area contributed by atoms with Gasteiger partial charge >= 0.3 is 5.97 Å². The van der Waals surface area contributed by atoms with E-state index in [9.17, 15) is 29.3 Å². The predicted octanol–water partition coefficient (Wildman–Crippen LogP) is 4.47. The molecule has 1 N–H and O–H groups in total. The van der Waals surface area contributed by atoms with E-state index in [0.717, 1.165) is 12.1 Å². The van der Waals surface area contributed by atoms with Crippen LogP contribution in [0.15, 0.2) is 54.6 Å². The average molecular weight is 499 g/mol. The molecule has 1 aliphatic rings. The number of nitro benzene ring substituents is 1. The number of fused-ring (bicyclic) bond motifs is 2. The molecular weight excluding hydrogens is 487 g/mol. The fourth-order valence-corrected chi connectivity index (χ4v) is 4.02. The molecule has 11 heteroatoms. The van der Waals surface area contributed by atoms with Crippen LogP contribution in [0.25, 0.3) is 0 Å². The van der Waals surface area contributed by atoms with Gasteiger partial charge in [0.25, 0.3) is 11.6 Å². The first kappa shape index (κ1) is 23.1. The number of carbonyl (C=O) groups excluding carboxylic acids is 4. The molecule has 0 radical (unpaired) electrons. The molecule has 9 nitrogen and oxygen atoms in total. The van der Waals surface area contributed by atoms with Gasteiger partial charge in [0.15, 0.2) is 12.4 Å². The van der Waals surface area contributed by atoms with E-state index in [1.54, 1.807) is 12.1 Å². The molecule has 3 aromatic carbocycles. The van der Waals surface area contributed by atoms with Gasteiger partial charge in [0.1, 0.15) is 11.1 Å². The standard InChI is InChI=1S/C23H12Cl2N2O7/c24-15-6-3-7-16(25)19(15)26-17(28)10-34-23(31)14-9-8-13-18(20(14)27(32)33)22(30)12-5-2-1-4-11(12)21(13)29/h1-9H,10H2,(H,26,28). The molecule has 0 atom stereocenters. The summed E-state index contributed by atoms with van der Waals surface area (Å²) in [6, 6.07) is 12.6. The van der Waals surface area contributed by atoms with Crippen LogP contribution >= 0.6 is 23.2 Å². The van der Waals surface area contributed by atoms with Crippen LogP contribution in [-0.2, 0) is 9.53 Å². The molecule has 0 bridgehead atoms. The Balaban J connectivity index is 1.62. The van der Waals surface area contributed by atoms with Gasteiger partial charge in [0, 0.05) is 16.7 Å². The Hall–Kier alpha value is -4.08. The summed E-state index contributed by atoms with van der Waals surface area (Å²) in [6.07, 6.45) is 0. The molecule has 34 heavy (non-hydrogen) atoms. The van der Waals surface area contributed by atoms with Crippen molar-refractivity contribution in [2.75, 3.05) is 11.9 Å². The number of anilines is 1. The second-order valence-corrected chi connectivity index (χ2v) is 7.88. The van der Waals surface area contributed by atoms with Crippen LogP contribution in [-0.4, -0.2) is 35.0 Å². The van der Waals surface area contributed by atoms with Crippen molar-refractivity contribution in [3.63, 3.8) is 0 Å². The van der Waals surface area contributed by atoms with Crippen molar-refractivity contribution in [3.05, 3.63) is 103 Å². The fraction of sp³-hybridized carbons (Fsp3) is 0.0435. The summed E-state index contributed by atoms with van der Waals surface area (Å²) in [5.74, 6) is -3.37. The monoisotopic (exact) mass is 498 g/mol. The van der Waals surface area contributed by atoms with Crippen molar-refractivity contribution in [2.45, 2.75) is 0 Å². The largest absolute Gasteiger partial charge is 0.452 e. The lowest BCUT2D eigenvalue weighted by molar-refractivity contribution is -0.385. The van der Waals surface area contributed by atoms with Crippen molar-refractivity contribution in [1.82, 2.24) is 0 Å². The number of amides is 1. The second kappa shape index (κ2) is 9.05. The first-order valence-electron chi connectivity index (χ1n) is 9.61. The zero-order valence-electron chi connectivity index (χ0n) is 17.0. The van der Waals surface area contributed by atoms with Crippen LogP contribution < -0.4 is 5.32 Å². The van der Waals surface area contributed by atoms with E-state index in [4.69, 9.17) is 27.9 Å². The predicted molar refractivity (Wildman–Crippen MR) is 122 cm³/mol. The Morgan fingerprint density at radius 2 is 1.50 bits per heavy atom. The maximum atomic E-state index is 13.0. The van der Waals surface area contributed by atoms with Gasteiger partial charge in [-0.05, 0) is 24.3 Å². The number of benzene rings is 3. The van der Waals surface area contributed by atoms with E-state index in [1.165, 1.54) is 30.3 Å². The Morgan fingerprint density at radius 3 is 2.12 bits per heavy atom. The number of hydrogen-bond donors (Lipinski definition) is 1. The Kier molecular flexibility index (Phi) is 6.14. The minimum atomic E-state index is -1.23. The molecule has 0 unspecified atom stereocenters. The zero-order chi connectivity index (χ0) is 24.6. The number of hydrogen-bond acceptors (Lipinski definition) is 7. The number of rotatable bonds is 5. The van der Waals surface area contributed by atoms with Crippen LogP contribution in [0.1, 0.15) is 42.2 Å². The van der Waals surface area contributed by atoms with Crippen LogP contribution in [0.4, 0.5) is 11.4 Å². The molecule has 4 rings (SSSR count). The molecule has 1 amide bonds. The van der Waals surface area contributed by atoms with Gasteiger partial charge in [-0.3, -0.25) is 24.5 Å². The van der Waals surface area contributed by atoms with Crippen molar-refractivity contribution >= 4 is 58.0 Å². The second-order valence-electron chi connectivity index (χ2n) is 7.07. The molecule has 0 heterocycles. The minimum absolute atomic E-state index is 0.00962. The number of nitro groups is 1. The molecular formula is C23H12Cl2N2O7. The van der Waals surface area contributed by atoms with Crippen molar-refractivity contribution in [3.8, 4) is 0 Å². The van der Waals surface area contributed by atoms with Gasteiger partial charge in [0.2, 0.25) is 5.78 Å². The summed E-state index contributed by atoms with van der Waals surface area (Å²) >= 11 is 12.0. The Morgan fingerprint density at radius 1 is 0.882 bits per heavy atom. The van der Waals surface area contributed by atoms with Gasteiger partial charge in [-0.15, -0.1) is 0 Å². The van der Waals surface area contributed by atoms with Gasteiger partial charge in [-0.1, -0.05) is 53.5 Å². The molecule has 1 aliphatic carbocycles. The number of para-hydroxylation sites is 1. The summed E-state index contributed by atoms with van der Waals surface area (Å²) in [5, 5.41) is 14.5. The summed E-state index contributed by atoms with van der Waals surface area (Å²) in [5.41, 5.74) is -1.94. The number of halogens is 2. The van der Waals surface area contributed by atoms with E-state index >= 15 is 0 Å². The smallest absolute Gasteiger partial charge is 0.345 e. The molecule has 0 spiro atoms. The average Bonchev–Trinajstić information content (AvgIpc) is 2.82. The van der Waals surface area contributed by atoms with Gasteiger partial charge in [-0.25, -0.2) is 4.79 Å². The maximum Gasteiger partial charge on any atom is 0.345 e. The third-order valence-corrected chi connectivity index (χ3v) is 5.66. The fourth-order valence-electron chi connectivity index (χ4n) is 3.53. The number of ether oxygens (including phenoxy) is 1.